The lowest BCUT2D eigenvalue weighted by atomic mass is 10.1. The van der Waals surface area contributed by atoms with Crippen molar-refractivity contribution in [2.75, 3.05) is 5.73 Å². The number of benzene rings is 1. The average Bonchev–Trinajstić information content (AvgIpc) is 2.79. The van der Waals surface area contributed by atoms with Crippen molar-refractivity contribution in [1.82, 2.24) is 5.32 Å². The number of carbonyl (C=O) groups is 1. The Bertz CT molecular complexity index is 614. The smallest absolute Gasteiger partial charge is 0.253 e. The molecule has 3 nitrogen and oxygen atoms in total. The Hall–Kier alpha value is -1.59. The Morgan fingerprint density at radius 1 is 1.42 bits per heavy atom. The Balaban J connectivity index is 2.15. The molecule has 100 valence electrons. The molecule has 0 saturated carbocycles. The fourth-order valence-electron chi connectivity index (χ4n) is 1.63. The van der Waals surface area contributed by atoms with Gasteiger partial charge in [0.2, 0.25) is 0 Å². The molecule has 0 aliphatic heterocycles. The van der Waals surface area contributed by atoms with E-state index in [0.717, 1.165) is 10.9 Å². The number of carbonyl (C=O) groups excluding carboxylic acids is 1. The van der Waals surface area contributed by atoms with Gasteiger partial charge in [0.15, 0.2) is 0 Å². The Morgan fingerprint density at radius 2 is 2.16 bits per heavy atom. The van der Waals surface area contributed by atoms with Crippen LogP contribution in [0.1, 0.15) is 28.2 Å². The van der Waals surface area contributed by atoms with E-state index in [9.17, 15) is 9.18 Å². The number of thiophene rings is 1. The monoisotopic (exact) mass is 298 g/mol. The molecule has 3 N–H and O–H groups in total. The van der Waals surface area contributed by atoms with E-state index in [1.807, 2.05) is 13.0 Å². The van der Waals surface area contributed by atoms with Gasteiger partial charge in [-0.2, -0.15) is 0 Å². The van der Waals surface area contributed by atoms with Crippen LogP contribution in [0.5, 0.6) is 0 Å². The Morgan fingerprint density at radius 3 is 2.79 bits per heavy atom. The third-order valence-electron chi connectivity index (χ3n) is 2.63. The van der Waals surface area contributed by atoms with Gasteiger partial charge in [-0.1, -0.05) is 11.6 Å². The highest BCUT2D eigenvalue weighted by Gasteiger charge is 2.15. The summed E-state index contributed by atoms with van der Waals surface area (Å²) in [5.41, 5.74) is 6.04. The van der Waals surface area contributed by atoms with Gasteiger partial charge in [-0.3, -0.25) is 4.79 Å². The largest absolute Gasteiger partial charge is 0.398 e. The lowest BCUT2D eigenvalue weighted by Gasteiger charge is -2.13. The van der Waals surface area contributed by atoms with Gasteiger partial charge in [-0.25, -0.2) is 4.39 Å². The fourth-order valence-corrected chi connectivity index (χ4v) is 2.69. The maximum Gasteiger partial charge on any atom is 0.253 e. The molecule has 6 heteroatoms. The molecule has 1 unspecified atom stereocenters. The molecule has 0 saturated heterocycles. The number of rotatable bonds is 3. The minimum Gasteiger partial charge on any atom is -0.398 e. The summed E-state index contributed by atoms with van der Waals surface area (Å²) in [6.07, 6.45) is 0. The summed E-state index contributed by atoms with van der Waals surface area (Å²) in [5, 5.41) is 2.76. The van der Waals surface area contributed by atoms with E-state index in [2.05, 4.69) is 5.32 Å². The zero-order valence-corrected chi connectivity index (χ0v) is 11.7. The highest BCUT2D eigenvalue weighted by molar-refractivity contribution is 7.16. The number of hydrogen-bond donors (Lipinski definition) is 2. The summed E-state index contributed by atoms with van der Waals surface area (Å²) >= 11 is 7.23. The van der Waals surface area contributed by atoms with E-state index in [-0.39, 0.29) is 17.3 Å². The summed E-state index contributed by atoms with van der Waals surface area (Å²) in [6.45, 7) is 1.83. The molecular weight excluding hydrogens is 287 g/mol. The van der Waals surface area contributed by atoms with Crippen LogP contribution in [0, 0.1) is 5.82 Å². The van der Waals surface area contributed by atoms with Crippen molar-refractivity contribution >= 4 is 34.5 Å². The maximum absolute atomic E-state index is 13.1. The lowest BCUT2D eigenvalue weighted by molar-refractivity contribution is 0.0941. The van der Waals surface area contributed by atoms with Crippen LogP contribution < -0.4 is 11.1 Å². The van der Waals surface area contributed by atoms with E-state index in [4.69, 9.17) is 17.3 Å². The van der Waals surface area contributed by atoms with Crippen molar-refractivity contribution in [3.8, 4) is 0 Å². The molecule has 0 spiro atoms. The predicted molar refractivity (Wildman–Crippen MR) is 76.0 cm³/mol. The molecule has 0 aliphatic rings. The number of nitrogen functional groups attached to an aromatic ring is 1. The summed E-state index contributed by atoms with van der Waals surface area (Å²) in [4.78, 5) is 12.9. The van der Waals surface area contributed by atoms with Gasteiger partial charge in [0.25, 0.3) is 5.91 Å². The summed E-state index contributed by atoms with van der Waals surface area (Å²) in [6, 6.07) is 7.10. The van der Waals surface area contributed by atoms with Crippen LogP contribution in [-0.4, -0.2) is 5.91 Å². The fraction of sp³-hybridized carbons (Fsp3) is 0.154. The number of hydrogen-bond acceptors (Lipinski definition) is 3. The van der Waals surface area contributed by atoms with Crippen LogP contribution in [0.3, 0.4) is 0 Å². The number of nitrogens with one attached hydrogen (secondary N) is 1. The Labute approximate surface area is 119 Å². The highest BCUT2D eigenvalue weighted by atomic mass is 35.5. The van der Waals surface area contributed by atoms with Crippen molar-refractivity contribution in [3.63, 3.8) is 0 Å². The van der Waals surface area contributed by atoms with Crippen LogP contribution in [0.2, 0.25) is 4.34 Å². The minimum atomic E-state index is -0.494. The summed E-state index contributed by atoms with van der Waals surface area (Å²) in [7, 11) is 0. The van der Waals surface area contributed by atoms with Gasteiger partial charge in [0, 0.05) is 10.6 Å². The molecule has 1 aromatic heterocycles. The second-order valence-corrected chi connectivity index (χ2v) is 5.82. The van der Waals surface area contributed by atoms with Gasteiger partial charge in [-0.05, 0) is 37.3 Å². The van der Waals surface area contributed by atoms with Crippen molar-refractivity contribution < 1.29 is 9.18 Å². The molecule has 1 heterocycles. The van der Waals surface area contributed by atoms with E-state index in [0.29, 0.717) is 4.34 Å². The predicted octanol–water partition coefficient (Wildman–Crippen LogP) is 3.61. The molecule has 0 aliphatic carbocycles. The lowest BCUT2D eigenvalue weighted by Crippen LogP contribution is -2.27. The van der Waals surface area contributed by atoms with Crippen molar-refractivity contribution in [3.05, 3.63) is 50.9 Å². The van der Waals surface area contributed by atoms with E-state index < -0.39 is 11.7 Å². The molecular formula is C13H12ClFN2OS. The van der Waals surface area contributed by atoms with Crippen LogP contribution in [-0.2, 0) is 0 Å². The molecule has 0 fully saturated rings. The van der Waals surface area contributed by atoms with Crippen LogP contribution in [0.15, 0.2) is 30.3 Å². The van der Waals surface area contributed by atoms with Crippen molar-refractivity contribution in [2.45, 2.75) is 13.0 Å². The zero-order chi connectivity index (χ0) is 14.0. The molecule has 2 rings (SSSR count). The average molecular weight is 299 g/mol. The number of anilines is 1. The van der Waals surface area contributed by atoms with E-state index in [1.165, 1.54) is 23.5 Å². The van der Waals surface area contributed by atoms with Crippen molar-refractivity contribution in [1.29, 1.82) is 0 Å². The van der Waals surface area contributed by atoms with E-state index in [1.54, 1.807) is 6.07 Å². The van der Waals surface area contributed by atoms with Crippen LogP contribution >= 0.6 is 22.9 Å². The quantitative estimate of drug-likeness (QED) is 0.851. The van der Waals surface area contributed by atoms with Gasteiger partial charge >= 0.3 is 0 Å². The minimum absolute atomic E-state index is 0.134. The first-order valence-electron chi connectivity index (χ1n) is 5.58. The highest BCUT2D eigenvalue weighted by Crippen LogP contribution is 2.27. The first-order valence-corrected chi connectivity index (χ1v) is 6.78. The number of halogens is 2. The Kier molecular flexibility index (Phi) is 4.07. The normalized spacial score (nSPS) is 12.2. The molecule has 1 amide bonds. The first kappa shape index (κ1) is 13.8. The summed E-state index contributed by atoms with van der Waals surface area (Å²) in [5.74, 6) is -0.903. The first-order chi connectivity index (χ1) is 8.97. The molecule has 19 heavy (non-hydrogen) atoms. The second-order valence-electron chi connectivity index (χ2n) is 4.07. The third kappa shape index (κ3) is 3.24. The molecule has 1 atom stereocenters. The van der Waals surface area contributed by atoms with Gasteiger partial charge in [0.1, 0.15) is 5.82 Å². The van der Waals surface area contributed by atoms with Crippen LogP contribution in [0.25, 0.3) is 0 Å². The summed E-state index contributed by atoms with van der Waals surface area (Å²) < 4.78 is 13.8. The topological polar surface area (TPSA) is 55.1 Å². The molecule has 0 bridgehead atoms. The van der Waals surface area contributed by atoms with Crippen molar-refractivity contribution in [2.24, 2.45) is 0 Å². The van der Waals surface area contributed by atoms with Gasteiger partial charge < -0.3 is 11.1 Å². The molecule has 0 radical (unpaired) electrons. The standard InChI is InChI=1S/C13H12ClFN2OS/c1-7(11-4-5-12(14)19-11)17-13(18)9-6-8(15)2-3-10(9)16/h2-7H,16H2,1H3,(H,17,18). The number of amides is 1. The molecule has 2 aromatic rings. The van der Waals surface area contributed by atoms with Gasteiger partial charge in [-0.15, -0.1) is 11.3 Å². The third-order valence-corrected chi connectivity index (χ3v) is 4.04. The SMILES string of the molecule is CC(NC(=O)c1cc(F)ccc1N)c1ccc(Cl)s1. The molecule has 1 aromatic carbocycles. The van der Waals surface area contributed by atoms with E-state index >= 15 is 0 Å². The number of nitrogens with two attached hydrogens (primary N) is 1. The maximum atomic E-state index is 13.1. The second kappa shape index (κ2) is 5.59. The van der Waals surface area contributed by atoms with Crippen LogP contribution in [0.4, 0.5) is 10.1 Å². The zero-order valence-electron chi connectivity index (χ0n) is 10.1. The van der Waals surface area contributed by atoms with Gasteiger partial charge in [0.05, 0.1) is 15.9 Å².